The van der Waals surface area contributed by atoms with Crippen LogP contribution in [0.25, 0.3) is 10.1 Å². The highest BCUT2D eigenvalue weighted by Gasteiger charge is 2.07. The molecule has 0 saturated carbocycles. The van der Waals surface area contributed by atoms with Crippen molar-refractivity contribution in [2.24, 2.45) is 0 Å². The van der Waals surface area contributed by atoms with Gasteiger partial charge in [-0.1, -0.05) is 51.7 Å². The molecular weight excluding hydrogens is 310 g/mol. The van der Waals surface area contributed by atoms with Crippen LogP contribution in [0.3, 0.4) is 0 Å². The van der Waals surface area contributed by atoms with Crippen LogP contribution in [-0.4, -0.2) is 3.96 Å². The highest BCUT2D eigenvalue weighted by molar-refractivity contribution is 9.10. The maximum Gasteiger partial charge on any atom is 0.268 e. The number of fused-ring (bicyclic) bond motifs is 1. The van der Waals surface area contributed by atoms with E-state index in [0.29, 0.717) is 6.54 Å². The number of halogens is 1. The quantitative estimate of drug-likeness (QED) is 0.702. The van der Waals surface area contributed by atoms with Crippen molar-refractivity contribution in [2.45, 2.75) is 6.54 Å². The predicted octanol–water partition coefficient (Wildman–Crippen LogP) is 3.87. The summed E-state index contributed by atoms with van der Waals surface area (Å²) in [6.07, 6.45) is 0. The molecule has 0 atom stereocenters. The van der Waals surface area contributed by atoms with Crippen LogP contribution in [0.4, 0.5) is 0 Å². The molecule has 0 N–H and O–H groups in total. The molecule has 0 aliphatic rings. The Labute approximate surface area is 117 Å². The van der Waals surface area contributed by atoms with Gasteiger partial charge < -0.3 is 0 Å². The molecule has 1 heterocycles. The van der Waals surface area contributed by atoms with E-state index in [-0.39, 0.29) is 5.56 Å². The predicted molar refractivity (Wildman–Crippen MR) is 79.3 cm³/mol. The molecule has 3 aromatic rings. The monoisotopic (exact) mass is 319 g/mol. The Hall–Kier alpha value is -1.39. The molecule has 90 valence electrons. The summed E-state index contributed by atoms with van der Waals surface area (Å²) in [6, 6.07) is 15.8. The summed E-state index contributed by atoms with van der Waals surface area (Å²) in [5, 5.41) is 0.803. The first kappa shape index (κ1) is 11.7. The normalized spacial score (nSPS) is 10.9. The molecule has 1 aromatic heterocycles. The fourth-order valence-electron chi connectivity index (χ4n) is 1.92. The van der Waals surface area contributed by atoms with Crippen molar-refractivity contribution in [1.29, 1.82) is 0 Å². The summed E-state index contributed by atoms with van der Waals surface area (Å²) in [4.78, 5) is 12.2. The Balaban J connectivity index is 2.05. The van der Waals surface area contributed by atoms with Crippen molar-refractivity contribution in [3.63, 3.8) is 0 Å². The number of nitrogens with zero attached hydrogens (tertiary/aromatic N) is 1. The fourth-order valence-corrected chi connectivity index (χ4v) is 3.39. The van der Waals surface area contributed by atoms with E-state index in [1.807, 2.05) is 48.5 Å². The van der Waals surface area contributed by atoms with Gasteiger partial charge in [0.2, 0.25) is 0 Å². The van der Waals surface area contributed by atoms with Gasteiger partial charge in [-0.15, -0.1) is 0 Å². The van der Waals surface area contributed by atoms with Crippen LogP contribution in [0.15, 0.2) is 57.8 Å². The van der Waals surface area contributed by atoms with E-state index >= 15 is 0 Å². The molecule has 2 aromatic carbocycles. The van der Waals surface area contributed by atoms with Crippen LogP contribution in [0, 0.1) is 0 Å². The van der Waals surface area contributed by atoms with Gasteiger partial charge in [0.05, 0.1) is 16.6 Å². The van der Waals surface area contributed by atoms with Gasteiger partial charge in [-0.3, -0.25) is 8.75 Å². The number of hydrogen-bond donors (Lipinski definition) is 0. The average Bonchev–Trinajstić information content (AvgIpc) is 2.67. The summed E-state index contributed by atoms with van der Waals surface area (Å²) in [5.74, 6) is 0. The maximum atomic E-state index is 12.2. The van der Waals surface area contributed by atoms with E-state index in [4.69, 9.17) is 0 Å². The molecule has 0 fully saturated rings. The van der Waals surface area contributed by atoms with Crippen molar-refractivity contribution in [3.8, 4) is 0 Å². The lowest BCUT2D eigenvalue weighted by Crippen LogP contribution is -2.13. The van der Waals surface area contributed by atoms with Crippen LogP contribution >= 0.6 is 27.5 Å². The molecule has 0 aliphatic carbocycles. The lowest BCUT2D eigenvalue weighted by Gasteiger charge is -2.01. The minimum Gasteiger partial charge on any atom is -0.268 e. The second-order valence-electron chi connectivity index (χ2n) is 4.06. The van der Waals surface area contributed by atoms with Gasteiger partial charge in [0.15, 0.2) is 0 Å². The number of aromatic nitrogens is 1. The van der Waals surface area contributed by atoms with Crippen LogP contribution < -0.4 is 5.56 Å². The minimum atomic E-state index is 0.0931. The Morgan fingerprint density at radius 1 is 1.11 bits per heavy atom. The molecule has 18 heavy (non-hydrogen) atoms. The van der Waals surface area contributed by atoms with Gasteiger partial charge in [-0.2, -0.15) is 0 Å². The third kappa shape index (κ3) is 2.13. The molecule has 0 radical (unpaired) electrons. The summed E-state index contributed by atoms with van der Waals surface area (Å²) >= 11 is 4.96. The molecule has 0 spiro atoms. The number of benzene rings is 2. The first-order valence-electron chi connectivity index (χ1n) is 5.57. The zero-order valence-corrected chi connectivity index (χ0v) is 11.9. The van der Waals surface area contributed by atoms with Crippen molar-refractivity contribution in [1.82, 2.24) is 3.96 Å². The minimum absolute atomic E-state index is 0.0931. The standard InChI is InChI=1S/C14H10BrNOS/c15-11-5-3-4-10(8-11)9-16-14(17)12-6-1-2-7-13(12)18-16/h1-8H,9H2. The molecular formula is C14H10BrNOS. The summed E-state index contributed by atoms with van der Waals surface area (Å²) in [6.45, 7) is 0.623. The van der Waals surface area contributed by atoms with Gasteiger partial charge in [0.1, 0.15) is 0 Å². The zero-order valence-electron chi connectivity index (χ0n) is 9.47. The lowest BCUT2D eigenvalue weighted by molar-refractivity contribution is 0.854. The second-order valence-corrected chi connectivity index (χ2v) is 6.04. The molecule has 0 unspecified atom stereocenters. The fraction of sp³-hybridized carbons (Fsp3) is 0.0714. The Morgan fingerprint density at radius 2 is 1.94 bits per heavy atom. The molecule has 0 amide bonds. The average molecular weight is 320 g/mol. The number of rotatable bonds is 2. The first-order chi connectivity index (χ1) is 8.74. The molecule has 3 rings (SSSR count). The van der Waals surface area contributed by atoms with Crippen molar-refractivity contribution in [3.05, 3.63) is 68.9 Å². The van der Waals surface area contributed by atoms with Crippen LogP contribution in [0.5, 0.6) is 0 Å². The smallest absolute Gasteiger partial charge is 0.268 e. The second kappa shape index (κ2) is 4.71. The van der Waals surface area contributed by atoms with E-state index in [0.717, 1.165) is 20.1 Å². The van der Waals surface area contributed by atoms with E-state index < -0.39 is 0 Å². The lowest BCUT2D eigenvalue weighted by atomic mass is 10.2. The third-order valence-corrected chi connectivity index (χ3v) is 4.33. The first-order valence-corrected chi connectivity index (χ1v) is 7.14. The summed E-state index contributed by atoms with van der Waals surface area (Å²) < 4.78 is 3.87. The van der Waals surface area contributed by atoms with Crippen molar-refractivity contribution in [2.75, 3.05) is 0 Å². The van der Waals surface area contributed by atoms with Crippen molar-refractivity contribution < 1.29 is 0 Å². The van der Waals surface area contributed by atoms with E-state index in [9.17, 15) is 4.79 Å². The molecule has 0 saturated heterocycles. The SMILES string of the molecule is O=c1c2ccccc2sn1Cc1cccc(Br)c1. The Kier molecular flexibility index (Phi) is 3.06. The Bertz CT molecular complexity index is 760. The summed E-state index contributed by atoms with van der Waals surface area (Å²) in [7, 11) is 0. The van der Waals surface area contributed by atoms with Crippen molar-refractivity contribution >= 4 is 37.5 Å². The molecule has 0 bridgehead atoms. The van der Waals surface area contributed by atoms with E-state index in [1.165, 1.54) is 11.5 Å². The van der Waals surface area contributed by atoms with Crippen LogP contribution in [-0.2, 0) is 6.54 Å². The highest BCUT2D eigenvalue weighted by atomic mass is 79.9. The molecule has 4 heteroatoms. The molecule has 0 aliphatic heterocycles. The van der Waals surface area contributed by atoms with E-state index in [1.54, 1.807) is 3.96 Å². The number of hydrogen-bond acceptors (Lipinski definition) is 2. The largest absolute Gasteiger partial charge is 0.268 e. The van der Waals surface area contributed by atoms with Gasteiger partial charge in [0, 0.05) is 4.47 Å². The van der Waals surface area contributed by atoms with Gasteiger partial charge in [-0.25, -0.2) is 0 Å². The maximum absolute atomic E-state index is 12.2. The van der Waals surface area contributed by atoms with Crippen LogP contribution in [0.2, 0.25) is 0 Å². The highest BCUT2D eigenvalue weighted by Crippen LogP contribution is 2.18. The third-order valence-electron chi connectivity index (χ3n) is 2.77. The van der Waals surface area contributed by atoms with E-state index in [2.05, 4.69) is 15.9 Å². The Morgan fingerprint density at radius 3 is 2.72 bits per heavy atom. The summed E-state index contributed by atoms with van der Waals surface area (Å²) in [5.41, 5.74) is 1.22. The molecule has 2 nitrogen and oxygen atoms in total. The van der Waals surface area contributed by atoms with Gasteiger partial charge in [-0.05, 0) is 29.8 Å². The van der Waals surface area contributed by atoms with Gasteiger partial charge >= 0.3 is 0 Å². The van der Waals surface area contributed by atoms with Gasteiger partial charge in [0.25, 0.3) is 5.56 Å². The zero-order chi connectivity index (χ0) is 12.5. The topological polar surface area (TPSA) is 22.0 Å². The van der Waals surface area contributed by atoms with Crippen LogP contribution in [0.1, 0.15) is 5.56 Å².